The molecule has 0 bridgehead atoms. The number of nitrogens with one attached hydrogen (secondary N) is 1. The first-order valence-corrected chi connectivity index (χ1v) is 4.96. The van der Waals surface area contributed by atoms with Crippen LogP contribution in [0.3, 0.4) is 0 Å². The number of pyridine rings is 1. The predicted octanol–water partition coefficient (Wildman–Crippen LogP) is 0.794. The molecule has 2 rings (SSSR count). The molecule has 0 aliphatic rings. The molecule has 2 aromatic heterocycles. The molecule has 6 heteroatoms. The SMILES string of the molecule is COc1cc(NCCn2ccnn2)ccn1. The third-order valence-electron chi connectivity index (χ3n) is 2.09. The van der Waals surface area contributed by atoms with Crippen molar-refractivity contribution in [3.05, 3.63) is 30.7 Å². The van der Waals surface area contributed by atoms with E-state index in [-0.39, 0.29) is 0 Å². The van der Waals surface area contributed by atoms with E-state index >= 15 is 0 Å². The average Bonchev–Trinajstić information content (AvgIpc) is 2.82. The minimum Gasteiger partial charge on any atom is -0.481 e. The molecule has 0 saturated heterocycles. The topological polar surface area (TPSA) is 64.9 Å². The van der Waals surface area contributed by atoms with Gasteiger partial charge in [0.15, 0.2) is 0 Å². The van der Waals surface area contributed by atoms with E-state index in [1.54, 1.807) is 24.2 Å². The Kier molecular flexibility index (Phi) is 3.32. The second-order valence-electron chi connectivity index (χ2n) is 3.18. The van der Waals surface area contributed by atoms with Crippen LogP contribution in [0.25, 0.3) is 0 Å². The molecule has 6 nitrogen and oxygen atoms in total. The molecule has 1 N–H and O–H groups in total. The third-order valence-corrected chi connectivity index (χ3v) is 2.09. The van der Waals surface area contributed by atoms with Crippen molar-refractivity contribution in [2.75, 3.05) is 19.0 Å². The smallest absolute Gasteiger partial charge is 0.214 e. The fraction of sp³-hybridized carbons (Fsp3) is 0.300. The van der Waals surface area contributed by atoms with Gasteiger partial charge in [-0.2, -0.15) is 0 Å². The summed E-state index contributed by atoms with van der Waals surface area (Å²) in [4.78, 5) is 4.03. The number of hydrogen-bond acceptors (Lipinski definition) is 5. The van der Waals surface area contributed by atoms with Crippen molar-refractivity contribution in [1.82, 2.24) is 20.0 Å². The third kappa shape index (κ3) is 2.69. The van der Waals surface area contributed by atoms with E-state index in [0.29, 0.717) is 5.88 Å². The van der Waals surface area contributed by atoms with E-state index in [2.05, 4.69) is 20.6 Å². The highest BCUT2D eigenvalue weighted by Crippen LogP contribution is 2.12. The molecule has 0 aliphatic heterocycles. The van der Waals surface area contributed by atoms with Crippen LogP contribution in [0.2, 0.25) is 0 Å². The van der Waals surface area contributed by atoms with Crippen molar-refractivity contribution in [2.45, 2.75) is 6.54 Å². The van der Waals surface area contributed by atoms with Crippen molar-refractivity contribution in [1.29, 1.82) is 0 Å². The number of nitrogens with zero attached hydrogens (tertiary/aromatic N) is 4. The number of ether oxygens (including phenoxy) is 1. The zero-order valence-electron chi connectivity index (χ0n) is 9.00. The summed E-state index contributed by atoms with van der Waals surface area (Å²) in [6.45, 7) is 1.54. The predicted molar refractivity (Wildman–Crippen MR) is 59.3 cm³/mol. The first kappa shape index (κ1) is 10.4. The molecule has 16 heavy (non-hydrogen) atoms. The van der Waals surface area contributed by atoms with E-state index in [4.69, 9.17) is 4.74 Å². The second kappa shape index (κ2) is 5.11. The molecular formula is C10H13N5O. The lowest BCUT2D eigenvalue weighted by atomic mass is 10.4. The van der Waals surface area contributed by atoms with Gasteiger partial charge in [0.25, 0.3) is 0 Å². The van der Waals surface area contributed by atoms with Gasteiger partial charge in [0, 0.05) is 30.7 Å². The highest BCUT2D eigenvalue weighted by Gasteiger charge is 1.96. The Morgan fingerprint density at radius 1 is 1.44 bits per heavy atom. The molecule has 0 saturated carbocycles. The average molecular weight is 219 g/mol. The molecule has 0 atom stereocenters. The molecule has 0 unspecified atom stereocenters. The van der Waals surface area contributed by atoms with Crippen LogP contribution >= 0.6 is 0 Å². The first-order chi connectivity index (χ1) is 7.88. The summed E-state index contributed by atoms with van der Waals surface area (Å²) in [5, 5.41) is 10.9. The molecule has 0 fully saturated rings. The van der Waals surface area contributed by atoms with E-state index in [1.165, 1.54) is 0 Å². The maximum atomic E-state index is 5.03. The van der Waals surface area contributed by atoms with Crippen LogP contribution < -0.4 is 10.1 Å². The van der Waals surface area contributed by atoms with Gasteiger partial charge in [-0.1, -0.05) is 5.21 Å². The molecule has 0 aliphatic carbocycles. The van der Waals surface area contributed by atoms with Crippen molar-refractivity contribution in [3.8, 4) is 5.88 Å². The Bertz CT molecular complexity index is 429. The highest BCUT2D eigenvalue weighted by molar-refractivity contribution is 5.44. The van der Waals surface area contributed by atoms with Gasteiger partial charge in [-0.3, -0.25) is 4.68 Å². The van der Waals surface area contributed by atoms with Crippen LogP contribution in [0.15, 0.2) is 30.7 Å². The van der Waals surface area contributed by atoms with Crippen LogP contribution in [0.1, 0.15) is 0 Å². The molecule has 0 aromatic carbocycles. The van der Waals surface area contributed by atoms with E-state index in [9.17, 15) is 0 Å². The number of methoxy groups -OCH3 is 1. The fourth-order valence-electron chi connectivity index (χ4n) is 1.30. The Morgan fingerprint density at radius 2 is 2.38 bits per heavy atom. The Balaban J connectivity index is 1.85. The van der Waals surface area contributed by atoms with Gasteiger partial charge in [-0.05, 0) is 6.07 Å². The molecule has 2 aromatic rings. The quantitative estimate of drug-likeness (QED) is 0.805. The standard InChI is InChI=1S/C10H13N5O/c1-16-10-8-9(2-3-12-10)11-4-6-15-7-5-13-14-15/h2-3,5,7-8H,4,6H2,1H3,(H,11,12). The van der Waals surface area contributed by atoms with Gasteiger partial charge in [0.05, 0.1) is 19.9 Å². The van der Waals surface area contributed by atoms with E-state index in [1.807, 2.05) is 18.3 Å². The Hall–Kier alpha value is -2.11. The summed E-state index contributed by atoms with van der Waals surface area (Å²) in [5.41, 5.74) is 0.979. The Morgan fingerprint density at radius 3 is 3.12 bits per heavy atom. The normalized spacial score (nSPS) is 10.1. The monoisotopic (exact) mass is 219 g/mol. The zero-order chi connectivity index (χ0) is 11.2. The molecule has 0 radical (unpaired) electrons. The van der Waals surface area contributed by atoms with Crippen molar-refractivity contribution < 1.29 is 4.74 Å². The van der Waals surface area contributed by atoms with Gasteiger partial charge in [0.2, 0.25) is 5.88 Å². The van der Waals surface area contributed by atoms with Crippen LogP contribution in [0.5, 0.6) is 5.88 Å². The van der Waals surface area contributed by atoms with Crippen LogP contribution in [0, 0.1) is 0 Å². The summed E-state index contributed by atoms with van der Waals surface area (Å²) in [6.07, 6.45) is 5.20. The Labute approximate surface area is 93.3 Å². The molecular weight excluding hydrogens is 206 g/mol. The summed E-state index contributed by atoms with van der Waals surface area (Å²) in [5.74, 6) is 0.603. The van der Waals surface area contributed by atoms with Crippen molar-refractivity contribution in [3.63, 3.8) is 0 Å². The molecule has 2 heterocycles. The highest BCUT2D eigenvalue weighted by atomic mass is 16.5. The van der Waals surface area contributed by atoms with Gasteiger partial charge < -0.3 is 10.1 Å². The minimum absolute atomic E-state index is 0.603. The summed E-state index contributed by atoms with van der Waals surface area (Å²) >= 11 is 0. The maximum Gasteiger partial charge on any atom is 0.214 e. The zero-order valence-corrected chi connectivity index (χ0v) is 9.00. The van der Waals surface area contributed by atoms with Gasteiger partial charge in [-0.25, -0.2) is 4.98 Å². The summed E-state index contributed by atoms with van der Waals surface area (Å²) in [7, 11) is 1.60. The lowest BCUT2D eigenvalue weighted by Crippen LogP contribution is -2.11. The lowest BCUT2D eigenvalue weighted by molar-refractivity contribution is 0.398. The molecule has 0 spiro atoms. The number of anilines is 1. The van der Waals surface area contributed by atoms with E-state index < -0.39 is 0 Å². The molecule has 84 valence electrons. The van der Waals surface area contributed by atoms with Crippen LogP contribution in [-0.2, 0) is 6.54 Å². The van der Waals surface area contributed by atoms with Crippen LogP contribution in [0.4, 0.5) is 5.69 Å². The minimum atomic E-state index is 0.603. The summed E-state index contributed by atoms with van der Waals surface area (Å²) in [6, 6.07) is 3.74. The van der Waals surface area contributed by atoms with Crippen molar-refractivity contribution in [2.24, 2.45) is 0 Å². The summed E-state index contributed by atoms with van der Waals surface area (Å²) < 4.78 is 6.80. The van der Waals surface area contributed by atoms with Gasteiger partial charge in [-0.15, -0.1) is 5.10 Å². The number of hydrogen-bond donors (Lipinski definition) is 1. The largest absolute Gasteiger partial charge is 0.481 e. The van der Waals surface area contributed by atoms with E-state index in [0.717, 1.165) is 18.8 Å². The van der Waals surface area contributed by atoms with Crippen LogP contribution in [-0.4, -0.2) is 33.6 Å². The van der Waals surface area contributed by atoms with Crippen molar-refractivity contribution >= 4 is 5.69 Å². The fourth-order valence-corrected chi connectivity index (χ4v) is 1.30. The second-order valence-corrected chi connectivity index (χ2v) is 3.18. The maximum absolute atomic E-state index is 5.03. The lowest BCUT2D eigenvalue weighted by Gasteiger charge is -2.06. The first-order valence-electron chi connectivity index (χ1n) is 4.96. The van der Waals surface area contributed by atoms with Gasteiger partial charge in [0.1, 0.15) is 0 Å². The van der Waals surface area contributed by atoms with Gasteiger partial charge >= 0.3 is 0 Å². The molecule has 0 amide bonds. The number of rotatable bonds is 5. The number of aromatic nitrogens is 4.